The molecule has 0 aliphatic carbocycles. The molecule has 0 N–H and O–H groups in total. The molecule has 5 rings (SSSR count). The Labute approximate surface area is 194 Å². The van der Waals surface area contributed by atoms with E-state index in [1.807, 2.05) is 36.7 Å². The van der Waals surface area contributed by atoms with Gasteiger partial charge in [-0.2, -0.15) is 0 Å². The number of anilines is 1. The average molecular weight is 441 g/mol. The molecule has 1 aliphatic heterocycles. The van der Waals surface area contributed by atoms with Crippen LogP contribution in [0.25, 0.3) is 11.1 Å². The molecule has 2 heterocycles. The number of hydrogen-bond donors (Lipinski definition) is 0. The van der Waals surface area contributed by atoms with Gasteiger partial charge in [0.15, 0.2) is 0 Å². The van der Waals surface area contributed by atoms with E-state index in [0.717, 1.165) is 48.3 Å². The summed E-state index contributed by atoms with van der Waals surface area (Å²) in [5, 5.41) is 0.730. The van der Waals surface area contributed by atoms with Crippen LogP contribution in [-0.4, -0.2) is 41.0 Å². The standard InChI is InChI=1S/C27H25ClN4/c28-25-13-11-21(12-14-25)24-19-29-27(30-20-24)32-17-15-31(16-18-32)26(22-7-3-1-4-8-22)23-9-5-2-6-10-23/h1-14,19-20,26H,15-18H2. The first kappa shape index (κ1) is 20.7. The van der Waals surface area contributed by atoms with Gasteiger partial charge >= 0.3 is 0 Å². The van der Waals surface area contributed by atoms with E-state index < -0.39 is 0 Å². The van der Waals surface area contributed by atoms with Crippen molar-refractivity contribution in [2.75, 3.05) is 31.1 Å². The van der Waals surface area contributed by atoms with Gasteiger partial charge < -0.3 is 4.90 Å². The Morgan fingerprint density at radius 2 is 1.16 bits per heavy atom. The number of benzene rings is 3. The molecule has 32 heavy (non-hydrogen) atoms. The van der Waals surface area contributed by atoms with Crippen LogP contribution in [0.3, 0.4) is 0 Å². The first-order valence-electron chi connectivity index (χ1n) is 10.9. The highest BCUT2D eigenvalue weighted by Gasteiger charge is 2.27. The minimum absolute atomic E-state index is 0.257. The highest BCUT2D eigenvalue weighted by Crippen LogP contribution is 2.30. The molecule has 0 spiro atoms. The van der Waals surface area contributed by atoms with E-state index >= 15 is 0 Å². The van der Waals surface area contributed by atoms with Crippen molar-refractivity contribution in [3.63, 3.8) is 0 Å². The van der Waals surface area contributed by atoms with Crippen LogP contribution in [0.5, 0.6) is 0 Å². The monoisotopic (exact) mass is 440 g/mol. The van der Waals surface area contributed by atoms with Crippen LogP contribution in [0.15, 0.2) is 97.3 Å². The van der Waals surface area contributed by atoms with E-state index in [1.165, 1.54) is 11.1 Å². The van der Waals surface area contributed by atoms with E-state index in [4.69, 9.17) is 11.6 Å². The molecule has 1 aromatic heterocycles. The van der Waals surface area contributed by atoms with Gasteiger partial charge in [0.05, 0.1) is 6.04 Å². The molecule has 4 nitrogen and oxygen atoms in total. The van der Waals surface area contributed by atoms with Crippen LogP contribution in [0, 0.1) is 0 Å². The van der Waals surface area contributed by atoms with Crippen molar-refractivity contribution in [3.8, 4) is 11.1 Å². The van der Waals surface area contributed by atoms with Crippen LogP contribution in [0.1, 0.15) is 17.2 Å². The summed E-state index contributed by atoms with van der Waals surface area (Å²) < 4.78 is 0. The second kappa shape index (κ2) is 9.51. The molecule has 1 saturated heterocycles. The molecule has 3 aromatic carbocycles. The summed E-state index contributed by atoms with van der Waals surface area (Å²) in [6, 6.07) is 29.6. The summed E-state index contributed by atoms with van der Waals surface area (Å²) in [5.41, 5.74) is 4.73. The molecule has 1 fully saturated rings. The number of nitrogens with zero attached hydrogens (tertiary/aromatic N) is 4. The van der Waals surface area contributed by atoms with Crippen molar-refractivity contribution < 1.29 is 0 Å². The summed E-state index contributed by atoms with van der Waals surface area (Å²) in [4.78, 5) is 14.1. The SMILES string of the molecule is Clc1ccc(-c2cnc(N3CCN(C(c4ccccc4)c4ccccc4)CC3)nc2)cc1. The average Bonchev–Trinajstić information content (AvgIpc) is 2.87. The maximum atomic E-state index is 6.00. The lowest BCUT2D eigenvalue weighted by Gasteiger charge is -2.39. The van der Waals surface area contributed by atoms with Crippen LogP contribution in [0.2, 0.25) is 5.02 Å². The van der Waals surface area contributed by atoms with Gasteiger partial charge in [-0.1, -0.05) is 84.4 Å². The summed E-state index contributed by atoms with van der Waals surface area (Å²) in [6.07, 6.45) is 3.80. The lowest BCUT2D eigenvalue weighted by atomic mass is 9.96. The minimum Gasteiger partial charge on any atom is -0.338 e. The largest absolute Gasteiger partial charge is 0.338 e. The quantitative estimate of drug-likeness (QED) is 0.398. The van der Waals surface area contributed by atoms with Crippen molar-refractivity contribution in [2.24, 2.45) is 0 Å². The third kappa shape index (κ3) is 4.52. The first-order chi connectivity index (χ1) is 15.8. The Bertz CT molecular complexity index is 1080. The molecule has 0 unspecified atom stereocenters. The molecule has 0 saturated carbocycles. The molecular formula is C27H25ClN4. The van der Waals surface area contributed by atoms with Crippen LogP contribution in [-0.2, 0) is 0 Å². The fourth-order valence-corrected chi connectivity index (χ4v) is 4.47. The zero-order valence-corrected chi connectivity index (χ0v) is 18.6. The van der Waals surface area contributed by atoms with Gasteiger partial charge in [0.25, 0.3) is 0 Å². The van der Waals surface area contributed by atoms with Crippen LogP contribution in [0.4, 0.5) is 5.95 Å². The highest BCUT2D eigenvalue weighted by atomic mass is 35.5. The summed E-state index contributed by atoms with van der Waals surface area (Å²) in [5.74, 6) is 0.790. The third-order valence-corrected chi connectivity index (χ3v) is 6.26. The fraction of sp³-hybridized carbons (Fsp3) is 0.185. The van der Waals surface area contributed by atoms with E-state index in [9.17, 15) is 0 Å². The van der Waals surface area contributed by atoms with Crippen molar-refractivity contribution in [1.29, 1.82) is 0 Å². The van der Waals surface area contributed by atoms with Crippen LogP contribution >= 0.6 is 11.6 Å². The first-order valence-corrected chi connectivity index (χ1v) is 11.3. The Hall–Kier alpha value is -3.21. The van der Waals surface area contributed by atoms with E-state index in [1.54, 1.807) is 0 Å². The molecule has 160 valence electrons. The van der Waals surface area contributed by atoms with Gasteiger partial charge in [0.1, 0.15) is 0 Å². The highest BCUT2D eigenvalue weighted by molar-refractivity contribution is 6.30. The van der Waals surface area contributed by atoms with E-state index in [0.29, 0.717) is 0 Å². The van der Waals surface area contributed by atoms with Crippen LogP contribution < -0.4 is 4.90 Å². The van der Waals surface area contributed by atoms with Crippen molar-refractivity contribution in [2.45, 2.75) is 6.04 Å². The van der Waals surface area contributed by atoms with E-state index in [-0.39, 0.29) is 6.04 Å². The number of halogens is 1. The maximum Gasteiger partial charge on any atom is 0.225 e. The lowest BCUT2D eigenvalue weighted by Crippen LogP contribution is -2.48. The van der Waals surface area contributed by atoms with Gasteiger partial charge in [0, 0.05) is 49.2 Å². The van der Waals surface area contributed by atoms with Gasteiger partial charge in [-0.15, -0.1) is 0 Å². The Morgan fingerprint density at radius 3 is 1.69 bits per heavy atom. The molecule has 0 atom stereocenters. The fourth-order valence-electron chi connectivity index (χ4n) is 4.34. The van der Waals surface area contributed by atoms with Crippen molar-refractivity contribution in [1.82, 2.24) is 14.9 Å². The lowest BCUT2D eigenvalue weighted by molar-refractivity contribution is 0.211. The zero-order valence-electron chi connectivity index (χ0n) is 17.8. The van der Waals surface area contributed by atoms with Gasteiger partial charge in [0.2, 0.25) is 5.95 Å². The maximum absolute atomic E-state index is 6.00. The molecule has 0 amide bonds. The molecule has 5 heteroatoms. The summed E-state index contributed by atoms with van der Waals surface area (Å²) in [6.45, 7) is 3.71. The number of hydrogen-bond acceptors (Lipinski definition) is 4. The smallest absolute Gasteiger partial charge is 0.225 e. The molecule has 0 bridgehead atoms. The Balaban J connectivity index is 1.30. The minimum atomic E-state index is 0.257. The van der Waals surface area contributed by atoms with E-state index in [2.05, 4.69) is 80.4 Å². The zero-order chi connectivity index (χ0) is 21.8. The molecule has 1 aliphatic rings. The van der Waals surface area contributed by atoms with Gasteiger partial charge in [-0.25, -0.2) is 9.97 Å². The number of rotatable bonds is 5. The second-order valence-electron chi connectivity index (χ2n) is 8.03. The van der Waals surface area contributed by atoms with Crippen molar-refractivity contribution >= 4 is 17.5 Å². The van der Waals surface area contributed by atoms with Gasteiger partial charge in [-0.3, -0.25) is 4.90 Å². The van der Waals surface area contributed by atoms with Gasteiger partial charge in [-0.05, 0) is 28.8 Å². The molecular weight excluding hydrogens is 416 g/mol. The summed E-state index contributed by atoms with van der Waals surface area (Å²) >= 11 is 6.00. The third-order valence-electron chi connectivity index (χ3n) is 6.01. The second-order valence-corrected chi connectivity index (χ2v) is 8.46. The molecule has 0 radical (unpaired) electrons. The summed E-state index contributed by atoms with van der Waals surface area (Å²) in [7, 11) is 0. The molecule has 4 aromatic rings. The number of aromatic nitrogens is 2. The normalized spacial score (nSPS) is 14.6. The predicted octanol–water partition coefficient (Wildman–Crippen LogP) is 5.71. The van der Waals surface area contributed by atoms with Crippen molar-refractivity contribution in [3.05, 3.63) is 113 Å². The Kier molecular flexibility index (Phi) is 6.15. The number of piperazine rings is 1. The Morgan fingerprint density at radius 1 is 0.625 bits per heavy atom. The predicted molar refractivity (Wildman–Crippen MR) is 131 cm³/mol. The topological polar surface area (TPSA) is 32.3 Å².